The summed E-state index contributed by atoms with van der Waals surface area (Å²) in [7, 11) is 0. The van der Waals surface area contributed by atoms with Crippen molar-refractivity contribution < 1.29 is 23.4 Å². The normalized spacial score (nSPS) is 11.3. The second-order valence-electron chi connectivity index (χ2n) is 5.75. The largest absolute Gasteiger partial charge is 0.394 e. The summed E-state index contributed by atoms with van der Waals surface area (Å²) in [4.78, 5) is 17.3. The number of halogens is 2. The van der Waals surface area contributed by atoms with Gasteiger partial charge in [0.05, 0.1) is 23.4 Å². The van der Waals surface area contributed by atoms with Crippen LogP contribution in [-0.4, -0.2) is 42.0 Å². The van der Waals surface area contributed by atoms with E-state index < -0.39 is 17.4 Å². The van der Waals surface area contributed by atoms with Crippen molar-refractivity contribution in [2.45, 2.75) is 11.3 Å². The van der Waals surface area contributed by atoms with Gasteiger partial charge in [-0.3, -0.25) is 4.79 Å². The van der Waals surface area contributed by atoms with E-state index in [1.807, 2.05) is 6.26 Å². The average molecular weight is 409 g/mol. The molecule has 1 N–H and O–H groups in total. The highest BCUT2D eigenvalue weighted by Crippen LogP contribution is 2.30. The summed E-state index contributed by atoms with van der Waals surface area (Å²) in [6.45, 7) is -0.488. The van der Waals surface area contributed by atoms with E-state index >= 15 is 4.39 Å². The summed E-state index contributed by atoms with van der Waals surface area (Å²) in [6, 6.07) is 6.33. The zero-order valence-corrected chi connectivity index (χ0v) is 16.1. The fraction of sp³-hybridized carbons (Fsp3) is 0.263. The lowest BCUT2D eigenvalue weighted by atomic mass is 9.96. The number of nitrogens with zero attached hydrogens (tertiary/aromatic N) is 1. The quantitative estimate of drug-likeness (QED) is 0.345. The van der Waals surface area contributed by atoms with Gasteiger partial charge in [0.15, 0.2) is 11.6 Å². The molecule has 1 heterocycles. The van der Waals surface area contributed by atoms with Crippen LogP contribution in [-0.2, 0) is 11.2 Å². The first-order valence-electron chi connectivity index (χ1n) is 8.14. The SMILES string of the molecule is CSc1ccc(Cc2c(C(=O)COCCO)cc3scnc3c2F)c(F)c1. The maximum atomic E-state index is 15.1. The van der Waals surface area contributed by atoms with E-state index in [1.165, 1.54) is 34.7 Å². The summed E-state index contributed by atoms with van der Waals surface area (Å²) in [5, 5.41) is 8.78. The molecule has 0 bridgehead atoms. The molecule has 0 saturated carbocycles. The van der Waals surface area contributed by atoms with Gasteiger partial charge in [-0.1, -0.05) is 6.07 Å². The topological polar surface area (TPSA) is 59.4 Å². The molecule has 0 saturated heterocycles. The monoisotopic (exact) mass is 409 g/mol. The highest BCUT2D eigenvalue weighted by Gasteiger charge is 2.21. The number of thioether (sulfide) groups is 1. The van der Waals surface area contributed by atoms with Crippen LogP contribution in [0.5, 0.6) is 0 Å². The van der Waals surface area contributed by atoms with Crippen molar-refractivity contribution in [3.63, 3.8) is 0 Å². The molecule has 0 atom stereocenters. The number of hydrogen-bond acceptors (Lipinski definition) is 6. The third-order valence-electron chi connectivity index (χ3n) is 4.06. The van der Waals surface area contributed by atoms with E-state index in [4.69, 9.17) is 9.84 Å². The van der Waals surface area contributed by atoms with Gasteiger partial charge in [0.2, 0.25) is 0 Å². The van der Waals surface area contributed by atoms with Gasteiger partial charge >= 0.3 is 0 Å². The molecule has 0 unspecified atom stereocenters. The molecule has 2 aromatic carbocycles. The van der Waals surface area contributed by atoms with Gasteiger partial charge in [-0.25, -0.2) is 13.8 Å². The minimum atomic E-state index is -0.618. The van der Waals surface area contributed by atoms with Crippen molar-refractivity contribution in [2.75, 3.05) is 26.1 Å². The summed E-state index contributed by atoms with van der Waals surface area (Å²) in [6.07, 6.45) is 1.77. The van der Waals surface area contributed by atoms with Crippen molar-refractivity contribution in [2.24, 2.45) is 0 Å². The molecule has 0 fully saturated rings. The van der Waals surface area contributed by atoms with Crippen molar-refractivity contribution in [3.8, 4) is 0 Å². The Labute approximate surface area is 163 Å². The van der Waals surface area contributed by atoms with Gasteiger partial charge in [-0.05, 0) is 30.0 Å². The Morgan fingerprint density at radius 2 is 2.15 bits per heavy atom. The predicted octanol–water partition coefficient (Wildman–Crippen LogP) is 4.08. The molecule has 0 aliphatic heterocycles. The van der Waals surface area contributed by atoms with Gasteiger partial charge in [0.25, 0.3) is 0 Å². The van der Waals surface area contributed by atoms with E-state index in [2.05, 4.69) is 4.98 Å². The number of rotatable bonds is 8. The number of aromatic nitrogens is 1. The molecule has 0 aliphatic rings. The number of aliphatic hydroxyl groups is 1. The molecule has 3 aromatic rings. The van der Waals surface area contributed by atoms with Crippen LogP contribution in [0.15, 0.2) is 34.7 Å². The Morgan fingerprint density at radius 3 is 2.85 bits per heavy atom. The number of aliphatic hydroxyl groups excluding tert-OH is 1. The summed E-state index contributed by atoms with van der Waals surface area (Å²) < 4.78 is 35.1. The first kappa shape index (κ1) is 19.9. The first-order valence-corrected chi connectivity index (χ1v) is 10.2. The molecule has 8 heteroatoms. The van der Waals surface area contributed by atoms with Gasteiger partial charge < -0.3 is 9.84 Å². The number of thiazole rings is 1. The van der Waals surface area contributed by atoms with E-state index in [-0.39, 0.29) is 42.9 Å². The minimum Gasteiger partial charge on any atom is -0.394 e. The second-order valence-corrected chi connectivity index (χ2v) is 7.52. The van der Waals surface area contributed by atoms with E-state index in [9.17, 15) is 9.18 Å². The zero-order valence-electron chi connectivity index (χ0n) is 14.5. The summed E-state index contributed by atoms with van der Waals surface area (Å²) in [5.41, 5.74) is 2.22. The molecular weight excluding hydrogens is 392 g/mol. The average Bonchev–Trinajstić information content (AvgIpc) is 3.14. The molecule has 4 nitrogen and oxygen atoms in total. The van der Waals surface area contributed by atoms with Gasteiger partial charge in [0.1, 0.15) is 17.9 Å². The molecule has 142 valence electrons. The molecule has 0 amide bonds. The number of fused-ring (bicyclic) bond motifs is 1. The molecular formula is C19H17F2NO3S2. The van der Waals surface area contributed by atoms with Crippen molar-refractivity contribution in [1.29, 1.82) is 0 Å². The Balaban J connectivity index is 2.02. The van der Waals surface area contributed by atoms with Crippen LogP contribution < -0.4 is 0 Å². The third-order valence-corrected chi connectivity index (χ3v) is 5.57. The number of carbonyl (C=O) groups excluding carboxylic acids is 1. The highest BCUT2D eigenvalue weighted by molar-refractivity contribution is 7.98. The third kappa shape index (κ3) is 4.35. The number of benzene rings is 2. The van der Waals surface area contributed by atoms with Crippen molar-refractivity contribution in [1.82, 2.24) is 4.98 Å². The molecule has 27 heavy (non-hydrogen) atoms. The van der Waals surface area contributed by atoms with Crippen LogP contribution in [0.4, 0.5) is 8.78 Å². The standard InChI is InChI=1S/C19H17F2NO3S2/c1-26-12-3-2-11(15(20)7-12)6-14-13(16(24)9-25-5-4-23)8-17-19(18(14)21)22-10-27-17/h2-3,7-8,10,23H,4-6,9H2,1H3. The van der Waals surface area contributed by atoms with Crippen LogP contribution in [0, 0.1) is 11.6 Å². The van der Waals surface area contributed by atoms with Crippen LogP contribution in [0.3, 0.4) is 0 Å². The summed E-state index contributed by atoms with van der Waals surface area (Å²) in [5.74, 6) is -1.49. The molecule has 0 aliphatic carbocycles. The lowest BCUT2D eigenvalue weighted by molar-refractivity contribution is 0.0663. The minimum absolute atomic E-state index is 0.0110. The first-order chi connectivity index (χ1) is 13.0. The maximum absolute atomic E-state index is 15.1. The number of Topliss-reactive ketones (excluding diaryl/α,β-unsaturated/α-hetero) is 1. The van der Waals surface area contributed by atoms with Crippen molar-refractivity contribution >= 4 is 39.1 Å². The molecule has 1 aromatic heterocycles. The van der Waals surface area contributed by atoms with E-state index in [0.29, 0.717) is 10.3 Å². The fourth-order valence-corrected chi connectivity index (χ4v) is 3.86. The fourth-order valence-electron chi connectivity index (χ4n) is 2.72. The zero-order chi connectivity index (χ0) is 19.4. The number of carbonyl (C=O) groups is 1. The van der Waals surface area contributed by atoms with E-state index in [0.717, 1.165) is 4.90 Å². The van der Waals surface area contributed by atoms with E-state index in [1.54, 1.807) is 18.2 Å². The van der Waals surface area contributed by atoms with Gasteiger partial charge in [-0.2, -0.15) is 0 Å². The Bertz CT molecular complexity index is 975. The lowest BCUT2D eigenvalue weighted by Crippen LogP contribution is -2.15. The van der Waals surface area contributed by atoms with Crippen LogP contribution in [0.1, 0.15) is 21.5 Å². The van der Waals surface area contributed by atoms with Crippen LogP contribution >= 0.6 is 23.1 Å². The Hall–Kier alpha value is -1.87. The Kier molecular flexibility index (Phi) is 6.54. The maximum Gasteiger partial charge on any atom is 0.188 e. The van der Waals surface area contributed by atoms with Gasteiger partial charge in [-0.15, -0.1) is 23.1 Å². The molecule has 3 rings (SSSR count). The molecule has 0 radical (unpaired) electrons. The summed E-state index contributed by atoms with van der Waals surface area (Å²) >= 11 is 2.63. The number of ketones is 1. The van der Waals surface area contributed by atoms with Crippen molar-refractivity contribution in [3.05, 3.63) is 58.1 Å². The van der Waals surface area contributed by atoms with Crippen LogP contribution in [0.2, 0.25) is 0 Å². The molecule has 0 spiro atoms. The Morgan fingerprint density at radius 1 is 1.33 bits per heavy atom. The second kappa shape index (κ2) is 8.88. The highest BCUT2D eigenvalue weighted by atomic mass is 32.2. The number of hydrogen-bond donors (Lipinski definition) is 1. The smallest absolute Gasteiger partial charge is 0.188 e. The number of ether oxygens (including phenoxy) is 1. The predicted molar refractivity (Wildman–Crippen MR) is 103 cm³/mol. The lowest BCUT2D eigenvalue weighted by Gasteiger charge is -2.12. The van der Waals surface area contributed by atoms with Gasteiger partial charge in [0, 0.05) is 22.4 Å². The van der Waals surface area contributed by atoms with Crippen LogP contribution in [0.25, 0.3) is 10.2 Å².